The molecule has 0 spiro atoms. The van der Waals surface area contributed by atoms with E-state index in [9.17, 15) is 21.6 Å². The largest absolute Gasteiger partial charge is 0.416 e. The van der Waals surface area contributed by atoms with Gasteiger partial charge in [0, 0.05) is 12.6 Å². The third kappa shape index (κ3) is 3.48. The van der Waals surface area contributed by atoms with Crippen LogP contribution in [0.15, 0.2) is 59.8 Å². The van der Waals surface area contributed by atoms with Gasteiger partial charge in [0.15, 0.2) is 5.82 Å². The van der Waals surface area contributed by atoms with Gasteiger partial charge in [-0.2, -0.15) is 13.2 Å². The first-order chi connectivity index (χ1) is 12.2. The molecule has 0 bridgehead atoms. The van der Waals surface area contributed by atoms with E-state index in [1.54, 1.807) is 30.3 Å². The third-order valence-corrected chi connectivity index (χ3v) is 5.42. The van der Waals surface area contributed by atoms with E-state index in [2.05, 4.69) is 10.2 Å². The Morgan fingerprint density at radius 3 is 2.23 bits per heavy atom. The lowest BCUT2D eigenvalue weighted by atomic mass is 10.1. The zero-order valence-corrected chi connectivity index (χ0v) is 14.4. The quantitative estimate of drug-likeness (QED) is 0.694. The van der Waals surface area contributed by atoms with Crippen LogP contribution in [0.5, 0.6) is 0 Å². The maximum atomic E-state index is 13.1. The van der Waals surface area contributed by atoms with Gasteiger partial charge in [0.1, 0.15) is 0 Å². The Labute approximate surface area is 148 Å². The van der Waals surface area contributed by atoms with Crippen molar-refractivity contribution in [3.8, 4) is 11.4 Å². The van der Waals surface area contributed by atoms with Crippen LogP contribution in [0.4, 0.5) is 13.2 Å². The second kappa shape index (κ2) is 6.56. The Balaban J connectivity index is 2.00. The molecule has 0 radical (unpaired) electrons. The van der Waals surface area contributed by atoms with E-state index in [1.165, 1.54) is 23.7 Å². The lowest BCUT2D eigenvalue weighted by molar-refractivity contribution is -0.138. The van der Waals surface area contributed by atoms with Crippen LogP contribution < -0.4 is 0 Å². The molecule has 0 saturated heterocycles. The fraction of sp³-hybridized carbons (Fsp3) is 0.176. The molecule has 26 heavy (non-hydrogen) atoms. The molecule has 1 aromatic heterocycles. The van der Waals surface area contributed by atoms with Gasteiger partial charge < -0.3 is 4.57 Å². The Bertz CT molecular complexity index is 1030. The zero-order chi connectivity index (χ0) is 18.9. The molecule has 0 aliphatic heterocycles. The minimum Gasteiger partial charge on any atom is -0.301 e. The summed E-state index contributed by atoms with van der Waals surface area (Å²) < 4.78 is 65.9. The molecule has 0 atom stereocenters. The van der Waals surface area contributed by atoms with Crippen LogP contribution in [0.25, 0.3) is 11.4 Å². The summed E-state index contributed by atoms with van der Waals surface area (Å²) in [6, 6.07) is 13.4. The molecule has 9 heteroatoms. The van der Waals surface area contributed by atoms with E-state index >= 15 is 0 Å². The maximum absolute atomic E-state index is 13.1. The summed E-state index contributed by atoms with van der Waals surface area (Å²) in [5.41, 5.74) is -0.655. The van der Waals surface area contributed by atoms with Gasteiger partial charge in [-0.15, -0.1) is 10.2 Å². The highest BCUT2D eigenvalue weighted by Gasteiger charge is 2.35. The molecule has 0 fully saturated rings. The fourth-order valence-corrected chi connectivity index (χ4v) is 4.08. The molecule has 1 heterocycles. The van der Waals surface area contributed by atoms with Crippen molar-refractivity contribution in [2.45, 2.75) is 17.1 Å². The average Bonchev–Trinajstić information content (AvgIpc) is 2.97. The molecule has 0 saturated carbocycles. The molecule has 0 aliphatic carbocycles. The number of aromatic nitrogens is 3. The lowest BCUT2D eigenvalue weighted by Crippen LogP contribution is -2.15. The van der Waals surface area contributed by atoms with E-state index in [0.717, 1.165) is 12.1 Å². The molecule has 2 aromatic carbocycles. The summed E-state index contributed by atoms with van der Waals surface area (Å²) in [4.78, 5) is 0. The van der Waals surface area contributed by atoms with Crippen molar-refractivity contribution in [1.29, 1.82) is 0 Å². The molecule has 0 unspecified atom stereocenters. The first-order valence-corrected chi connectivity index (χ1v) is 9.18. The lowest BCUT2D eigenvalue weighted by Gasteiger charge is -2.12. The van der Waals surface area contributed by atoms with Crippen LogP contribution in [0.1, 0.15) is 11.1 Å². The van der Waals surface area contributed by atoms with Gasteiger partial charge in [0.25, 0.3) is 0 Å². The molecular formula is C17H14F3N3O2S. The summed E-state index contributed by atoms with van der Waals surface area (Å²) in [5.74, 6) is -0.503. The highest BCUT2D eigenvalue weighted by atomic mass is 32.2. The van der Waals surface area contributed by atoms with E-state index in [-0.39, 0.29) is 10.7 Å². The molecule has 136 valence electrons. The van der Waals surface area contributed by atoms with Crippen molar-refractivity contribution >= 4 is 9.84 Å². The zero-order valence-electron chi connectivity index (χ0n) is 13.6. The van der Waals surface area contributed by atoms with Gasteiger partial charge in [0.05, 0.1) is 11.3 Å². The summed E-state index contributed by atoms with van der Waals surface area (Å²) in [6.45, 7) is 0. The van der Waals surface area contributed by atoms with Crippen LogP contribution in [0, 0.1) is 0 Å². The van der Waals surface area contributed by atoms with Gasteiger partial charge in [0.2, 0.25) is 15.0 Å². The van der Waals surface area contributed by atoms with E-state index in [4.69, 9.17) is 0 Å². The Kier molecular flexibility index (Phi) is 4.57. The van der Waals surface area contributed by atoms with Crippen molar-refractivity contribution in [2.75, 3.05) is 0 Å². The average molecular weight is 381 g/mol. The molecule has 3 rings (SSSR count). The summed E-state index contributed by atoms with van der Waals surface area (Å²) in [5, 5.41) is 7.19. The predicted octanol–water partition coefficient (Wildman–Crippen LogP) is 3.47. The monoisotopic (exact) mass is 381 g/mol. The van der Waals surface area contributed by atoms with Crippen LogP contribution in [-0.4, -0.2) is 23.2 Å². The topological polar surface area (TPSA) is 64.8 Å². The van der Waals surface area contributed by atoms with Crippen molar-refractivity contribution in [3.63, 3.8) is 0 Å². The highest BCUT2D eigenvalue weighted by molar-refractivity contribution is 7.90. The third-order valence-electron chi connectivity index (χ3n) is 3.81. The predicted molar refractivity (Wildman–Crippen MR) is 88.8 cm³/mol. The van der Waals surface area contributed by atoms with E-state index in [0.29, 0.717) is 11.4 Å². The Morgan fingerprint density at radius 2 is 1.58 bits per heavy atom. The molecule has 0 amide bonds. The second-order valence-electron chi connectivity index (χ2n) is 5.65. The standard InChI is InChI=1S/C17H14F3N3O2S/c1-23-15(12-7-3-2-4-8-12)21-22-16(23)26(24,25)11-13-9-5-6-10-14(13)17(18,19)20/h2-10H,11H2,1H3. The van der Waals surface area contributed by atoms with Crippen molar-refractivity contribution < 1.29 is 21.6 Å². The first kappa shape index (κ1) is 18.1. The normalized spacial score (nSPS) is 12.3. The van der Waals surface area contributed by atoms with Crippen molar-refractivity contribution in [2.24, 2.45) is 7.05 Å². The number of sulfone groups is 1. The highest BCUT2D eigenvalue weighted by Crippen LogP contribution is 2.33. The number of halogens is 3. The van der Waals surface area contributed by atoms with Crippen LogP contribution in [0.2, 0.25) is 0 Å². The maximum Gasteiger partial charge on any atom is 0.416 e. The molecule has 5 nitrogen and oxygen atoms in total. The first-order valence-electron chi connectivity index (χ1n) is 7.53. The minimum atomic E-state index is -4.64. The fourth-order valence-electron chi connectivity index (χ4n) is 2.62. The van der Waals surface area contributed by atoms with E-state index in [1.807, 2.05) is 0 Å². The number of alkyl halides is 3. The molecule has 3 aromatic rings. The number of nitrogens with zero attached hydrogens (tertiary/aromatic N) is 3. The van der Waals surface area contributed by atoms with Crippen molar-refractivity contribution in [1.82, 2.24) is 14.8 Å². The van der Waals surface area contributed by atoms with Crippen LogP contribution in [-0.2, 0) is 28.8 Å². The van der Waals surface area contributed by atoms with E-state index < -0.39 is 27.3 Å². The SMILES string of the molecule is Cn1c(-c2ccccc2)nnc1S(=O)(=O)Cc1ccccc1C(F)(F)F. The van der Waals surface area contributed by atoms with Gasteiger partial charge >= 0.3 is 6.18 Å². The Hall–Kier alpha value is -2.68. The number of rotatable bonds is 4. The van der Waals surface area contributed by atoms with Gasteiger partial charge in [-0.3, -0.25) is 0 Å². The van der Waals surface area contributed by atoms with Crippen LogP contribution >= 0.6 is 0 Å². The molecule has 0 aliphatic rings. The smallest absolute Gasteiger partial charge is 0.301 e. The van der Waals surface area contributed by atoms with Crippen molar-refractivity contribution in [3.05, 3.63) is 65.7 Å². The number of hydrogen-bond donors (Lipinski definition) is 0. The number of hydrogen-bond acceptors (Lipinski definition) is 4. The minimum absolute atomic E-state index is 0.313. The molecular weight excluding hydrogens is 367 g/mol. The summed E-state index contributed by atoms with van der Waals surface area (Å²) in [6.07, 6.45) is -4.64. The number of benzene rings is 2. The summed E-state index contributed by atoms with van der Waals surface area (Å²) in [7, 11) is -2.66. The van der Waals surface area contributed by atoms with Gasteiger partial charge in [-0.05, 0) is 11.6 Å². The second-order valence-corrected chi connectivity index (χ2v) is 7.53. The van der Waals surface area contributed by atoms with Gasteiger partial charge in [-0.1, -0.05) is 48.5 Å². The summed E-state index contributed by atoms with van der Waals surface area (Å²) >= 11 is 0. The van der Waals surface area contributed by atoms with Gasteiger partial charge in [-0.25, -0.2) is 8.42 Å². The Morgan fingerprint density at radius 1 is 0.962 bits per heavy atom. The molecule has 0 N–H and O–H groups in total. The van der Waals surface area contributed by atoms with Crippen LogP contribution in [0.3, 0.4) is 0 Å².